The molecule has 2 aromatic carbocycles. The van der Waals surface area contributed by atoms with Gasteiger partial charge in [-0.25, -0.2) is 12.8 Å². The molecule has 0 aromatic heterocycles. The number of halogens is 2. The van der Waals surface area contributed by atoms with Gasteiger partial charge in [-0.1, -0.05) is 23.7 Å². The van der Waals surface area contributed by atoms with E-state index in [1.165, 1.54) is 54.5 Å². The van der Waals surface area contributed by atoms with Crippen LogP contribution in [-0.4, -0.2) is 57.6 Å². The van der Waals surface area contributed by atoms with Gasteiger partial charge in [-0.3, -0.25) is 13.9 Å². The van der Waals surface area contributed by atoms with E-state index in [1.54, 1.807) is 13.8 Å². The first-order valence-corrected chi connectivity index (χ1v) is 12.3. The standard InChI is InChI=1S/C22H27ClFN3O5S/c1-5-25-22(29)15(2)26(13-16-6-8-17(24)9-7-16)21(28)14-27(33(4,30)31)18-10-11-20(32-3)19(23)12-18/h6-12,15H,5,13-14H2,1-4H3,(H,25,29)/t15-/m0/s1. The smallest absolute Gasteiger partial charge is 0.244 e. The number of ether oxygens (including phenoxy) is 1. The summed E-state index contributed by atoms with van der Waals surface area (Å²) in [6.07, 6.45) is 0.968. The highest BCUT2D eigenvalue weighted by Gasteiger charge is 2.30. The fraction of sp³-hybridized carbons (Fsp3) is 0.364. The molecule has 0 radical (unpaired) electrons. The molecular formula is C22H27ClFN3O5S. The molecule has 1 N–H and O–H groups in total. The first-order valence-electron chi connectivity index (χ1n) is 10.1. The van der Waals surface area contributed by atoms with Gasteiger partial charge >= 0.3 is 0 Å². The molecule has 8 nitrogen and oxygen atoms in total. The normalized spacial score (nSPS) is 12.1. The van der Waals surface area contributed by atoms with E-state index in [4.69, 9.17) is 16.3 Å². The summed E-state index contributed by atoms with van der Waals surface area (Å²) in [7, 11) is -2.46. The van der Waals surface area contributed by atoms with Crippen molar-refractivity contribution in [3.8, 4) is 5.75 Å². The summed E-state index contributed by atoms with van der Waals surface area (Å²) in [4.78, 5) is 27.0. The third-order valence-corrected chi connectivity index (χ3v) is 6.32. The second-order valence-electron chi connectivity index (χ2n) is 7.31. The van der Waals surface area contributed by atoms with Crippen molar-refractivity contribution < 1.29 is 27.1 Å². The Morgan fingerprint density at radius 3 is 2.33 bits per heavy atom. The number of anilines is 1. The fourth-order valence-corrected chi connectivity index (χ4v) is 4.21. The molecule has 0 aliphatic carbocycles. The molecule has 0 aliphatic rings. The van der Waals surface area contributed by atoms with Crippen molar-refractivity contribution in [1.82, 2.24) is 10.2 Å². The van der Waals surface area contributed by atoms with Gasteiger partial charge < -0.3 is 15.0 Å². The molecule has 0 heterocycles. The topological polar surface area (TPSA) is 96.0 Å². The average Bonchev–Trinajstić information content (AvgIpc) is 2.75. The molecule has 0 unspecified atom stereocenters. The molecule has 1 atom stereocenters. The molecule has 11 heteroatoms. The Kier molecular flexibility index (Phi) is 9.07. The zero-order valence-electron chi connectivity index (χ0n) is 18.8. The number of hydrogen-bond acceptors (Lipinski definition) is 5. The minimum Gasteiger partial charge on any atom is -0.495 e. The van der Waals surface area contributed by atoms with Crippen molar-refractivity contribution >= 4 is 39.1 Å². The summed E-state index contributed by atoms with van der Waals surface area (Å²) < 4.78 is 44.3. The van der Waals surface area contributed by atoms with E-state index in [0.29, 0.717) is 17.9 Å². The van der Waals surface area contributed by atoms with Gasteiger partial charge in [0.05, 0.1) is 24.1 Å². The van der Waals surface area contributed by atoms with Crippen LogP contribution in [0.5, 0.6) is 5.75 Å². The molecule has 2 rings (SSSR count). The van der Waals surface area contributed by atoms with Crippen LogP contribution in [0.15, 0.2) is 42.5 Å². The summed E-state index contributed by atoms with van der Waals surface area (Å²) in [6, 6.07) is 8.93. The van der Waals surface area contributed by atoms with E-state index < -0.39 is 40.2 Å². The van der Waals surface area contributed by atoms with Gasteiger partial charge in [-0.2, -0.15) is 0 Å². The molecule has 0 saturated carbocycles. The largest absolute Gasteiger partial charge is 0.495 e. The Morgan fingerprint density at radius 2 is 1.82 bits per heavy atom. The lowest BCUT2D eigenvalue weighted by Crippen LogP contribution is -2.51. The second-order valence-corrected chi connectivity index (χ2v) is 9.62. The third kappa shape index (κ3) is 7.06. The van der Waals surface area contributed by atoms with Crippen LogP contribution in [0.25, 0.3) is 0 Å². The van der Waals surface area contributed by atoms with Gasteiger partial charge in [0.25, 0.3) is 0 Å². The van der Waals surface area contributed by atoms with Gasteiger partial charge in [0.15, 0.2) is 0 Å². The number of sulfonamides is 1. The van der Waals surface area contributed by atoms with E-state index in [-0.39, 0.29) is 17.3 Å². The molecule has 0 aliphatic heterocycles. The molecule has 0 fully saturated rings. The lowest BCUT2D eigenvalue weighted by molar-refractivity contribution is -0.139. The van der Waals surface area contributed by atoms with Crippen LogP contribution in [0, 0.1) is 5.82 Å². The molecule has 33 heavy (non-hydrogen) atoms. The van der Waals surface area contributed by atoms with Gasteiger partial charge in [-0.15, -0.1) is 0 Å². The monoisotopic (exact) mass is 499 g/mol. The zero-order chi connectivity index (χ0) is 24.8. The van der Waals surface area contributed by atoms with Gasteiger partial charge in [0.1, 0.15) is 24.2 Å². The van der Waals surface area contributed by atoms with Crippen LogP contribution in [0.3, 0.4) is 0 Å². The van der Waals surface area contributed by atoms with Crippen LogP contribution >= 0.6 is 11.6 Å². The van der Waals surface area contributed by atoms with Gasteiger partial charge in [-0.05, 0) is 49.7 Å². The number of benzene rings is 2. The van der Waals surface area contributed by atoms with Crippen LogP contribution in [-0.2, 0) is 26.2 Å². The number of carbonyl (C=O) groups is 2. The number of hydrogen-bond donors (Lipinski definition) is 1. The SMILES string of the molecule is CCNC(=O)[C@H](C)N(Cc1ccc(F)cc1)C(=O)CN(c1ccc(OC)c(Cl)c1)S(C)(=O)=O. The molecule has 0 bridgehead atoms. The van der Waals surface area contributed by atoms with Crippen molar-refractivity contribution in [2.45, 2.75) is 26.4 Å². The van der Waals surface area contributed by atoms with E-state index in [2.05, 4.69) is 5.32 Å². The van der Waals surface area contributed by atoms with Gasteiger partial charge in [0.2, 0.25) is 21.8 Å². The lowest BCUT2D eigenvalue weighted by Gasteiger charge is -2.31. The quantitative estimate of drug-likeness (QED) is 0.542. The Balaban J connectivity index is 2.39. The van der Waals surface area contributed by atoms with Crippen molar-refractivity contribution in [3.63, 3.8) is 0 Å². The highest BCUT2D eigenvalue weighted by Crippen LogP contribution is 2.30. The predicted molar refractivity (Wildman–Crippen MR) is 125 cm³/mol. The van der Waals surface area contributed by atoms with Crippen LogP contribution in [0.4, 0.5) is 10.1 Å². The maximum atomic E-state index is 13.3. The molecule has 2 amide bonds. The first-order chi connectivity index (χ1) is 15.5. The number of rotatable bonds is 10. The number of methoxy groups -OCH3 is 1. The summed E-state index contributed by atoms with van der Waals surface area (Å²) in [6.45, 7) is 3.07. The summed E-state index contributed by atoms with van der Waals surface area (Å²) in [5.74, 6) is -1.10. The second kappa shape index (κ2) is 11.3. The van der Waals surface area contributed by atoms with Crippen LogP contribution in [0.1, 0.15) is 19.4 Å². The van der Waals surface area contributed by atoms with Crippen molar-refractivity contribution in [1.29, 1.82) is 0 Å². The van der Waals surface area contributed by atoms with E-state index in [9.17, 15) is 22.4 Å². The average molecular weight is 500 g/mol. The summed E-state index contributed by atoms with van der Waals surface area (Å²) in [5, 5.41) is 2.83. The third-order valence-electron chi connectivity index (χ3n) is 4.89. The van der Waals surface area contributed by atoms with Gasteiger partial charge in [0, 0.05) is 13.1 Å². The molecular weight excluding hydrogens is 473 g/mol. The van der Waals surface area contributed by atoms with Crippen molar-refractivity contribution in [2.24, 2.45) is 0 Å². The Labute approximate surface area is 198 Å². The minimum absolute atomic E-state index is 0.0155. The van der Waals surface area contributed by atoms with Crippen LogP contribution < -0.4 is 14.4 Å². The number of amides is 2. The van der Waals surface area contributed by atoms with E-state index >= 15 is 0 Å². The van der Waals surface area contributed by atoms with Crippen molar-refractivity contribution in [2.75, 3.05) is 30.8 Å². The van der Waals surface area contributed by atoms with E-state index in [0.717, 1.165) is 10.6 Å². The predicted octanol–water partition coefficient (Wildman–Crippen LogP) is 2.81. The first kappa shape index (κ1) is 26.4. The molecule has 0 spiro atoms. The number of nitrogens with one attached hydrogen (secondary N) is 1. The maximum absolute atomic E-state index is 13.3. The Hall–Kier alpha value is -2.85. The minimum atomic E-state index is -3.88. The number of carbonyl (C=O) groups excluding carboxylic acids is 2. The lowest BCUT2D eigenvalue weighted by atomic mass is 10.1. The molecule has 0 saturated heterocycles. The zero-order valence-corrected chi connectivity index (χ0v) is 20.4. The Morgan fingerprint density at radius 1 is 1.18 bits per heavy atom. The number of likely N-dealkylation sites (N-methyl/N-ethyl adjacent to an activating group) is 1. The van der Waals surface area contributed by atoms with Crippen LogP contribution in [0.2, 0.25) is 5.02 Å². The molecule has 180 valence electrons. The van der Waals surface area contributed by atoms with E-state index in [1.807, 2.05) is 0 Å². The maximum Gasteiger partial charge on any atom is 0.244 e. The molecule has 2 aromatic rings. The summed E-state index contributed by atoms with van der Waals surface area (Å²) >= 11 is 6.14. The Bertz CT molecular complexity index is 1100. The van der Waals surface area contributed by atoms with Crippen molar-refractivity contribution in [3.05, 3.63) is 58.9 Å². The highest BCUT2D eigenvalue weighted by atomic mass is 35.5. The fourth-order valence-electron chi connectivity index (χ4n) is 3.12. The summed E-state index contributed by atoms with van der Waals surface area (Å²) in [5.41, 5.74) is 0.753. The highest BCUT2D eigenvalue weighted by molar-refractivity contribution is 7.92. The number of nitrogens with zero attached hydrogens (tertiary/aromatic N) is 2.